The number of aromatic nitrogens is 2. The fraction of sp³-hybridized carbons (Fsp3) is 0.167. The van der Waals surface area contributed by atoms with Gasteiger partial charge >= 0.3 is 0 Å². The van der Waals surface area contributed by atoms with Crippen LogP contribution < -0.4 is 11.5 Å². The van der Waals surface area contributed by atoms with E-state index in [2.05, 4.69) is 5.10 Å². The molecule has 0 aliphatic heterocycles. The smallest absolute Gasteiger partial charge is 0.251 e. The van der Waals surface area contributed by atoms with Gasteiger partial charge < -0.3 is 11.5 Å². The van der Waals surface area contributed by atoms with E-state index in [1.165, 1.54) is 6.20 Å². The molecule has 1 aromatic carbocycles. The second-order valence-corrected chi connectivity index (χ2v) is 3.92. The third-order valence-corrected chi connectivity index (χ3v) is 2.70. The van der Waals surface area contributed by atoms with E-state index < -0.39 is 5.91 Å². The number of primary amides is 1. The summed E-state index contributed by atoms with van der Waals surface area (Å²) in [7, 11) is 0. The number of carbonyl (C=O) groups excluding carboxylic acids is 1. The van der Waals surface area contributed by atoms with Crippen molar-refractivity contribution in [2.45, 2.75) is 13.0 Å². The average molecular weight is 230 g/mol. The molecule has 2 aromatic rings. The van der Waals surface area contributed by atoms with E-state index in [-0.39, 0.29) is 6.04 Å². The first-order valence-corrected chi connectivity index (χ1v) is 5.27. The quantitative estimate of drug-likeness (QED) is 0.776. The first kappa shape index (κ1) is 11.2. The van der Waals surface area contributed by atoms with Gasteiger partial charge in [-0.25, -0.2) is 0 Å². The van der Waals surface area contributed by atoms with Crippen LogP contribution in [0.1, 0.15) is 28.9 Å². The number of anilines is 1. The molecule has 0 fully saturated rings. The molecule has 17 heavy (non-hydrogen) atoms. The maximum absolute atomic E-state index is 11.0. The number of nitrogens with zero attached hydrogens (tertiary/aromatic N) is 2. The highest BCUT2D eigenvalue weighted by Crippen LogP contribution is 2.18. The molecule has 0 bridgehead atoms. The molecule has 5 nitrogen and oxygen atoms in total. The lowest BCUT2D eigenvalue weighted by molar-refractivity contribution is 0.1000. The summed E-state index contributed by atoms with van der Waals surface area (Å²) in [5.41, 5.74) is 13.0. The number of carbonyl (C=O) groups is 1. The molecule has 0 aliphatic rings. The van der Waals surface area contributed by atoms with E-state index >= 15 is 0 Å². The molecule has 5 heteroatoms. The zero-order valence-electron chi connectivity index (χ0n) is 9.50. The SMILES string of the molecule is CC(c1ccc(N)cc1)n1cc(C(N)=O)cn1. The Morgan fingerprint density at radius 3 is 2.53 bits per heavy atom. The van der Waals surface area contributed by atoms with Crippen LogP contribution in [0.5, 0.6) is 0 Å². The van der Waals surface area contributed by atoms with Crippen molar-refractivity contribution in [3.63, 3.8) is 0 Å². The van der Waals surface area contributed by atoms with Gasteiger partial charge in [0.1, 0.15) is 0 Å². The second-order valence-electron chi connectivity index (χ2n) is 3.92. The van der Waals surface area contributed by atoms with E-state index in [0.29, 0.717) is 5.56 Å². The molecule has 1 unspecified atom stereocenters. The molecule has 0 aliphatic carbocycles. The molecule has 4 N–H and O–H groups in total. The molecular weight excluding hydrogens is 216 g/mol. The summed E-state index contributed by atoms with van der Waals surface area (Å²) in [4.78, 5) is 11.0. The molecule has 0 spiro atoms. The highest BCUT2D eigenvalue weighted by atomic mass is 16.1. The summed E-state index contributed by atoms with van der Waals surface area (Å²) >= 11 is 0. The van der Waals surface area contributed by atoms with Crippen molar-refractivity contribution in [2.24, 2.45) is 5.73 Å². The van der Waals surface area contributed by atoms with Crippen molar-refractivity contribution in [1.82, 2.24) is 9.78 Å². The largest absolute Gasteiger partial charge is 0.399 e. The second kappa shape index (κ2) is 4.29. The summed E-state index contributed by atoms with van der Waals surface area (Å²) in [5.74, 6) is -0.472. The fourth-order valence-corrected chi connectivity index (χ4v) is 1.60. The summed E-state index contributed by atoms with van der Waals surface area (Å²) in [6.07, 6.45) is 3.11. The number of benzene rings is 1. The average Bonchev–Trinajstić information content (AvgIpc) is 2.78. The van der Waals surface area contributed by atoms with Gasteiger partial charge in [0.15, 0.2) is 0 Å². The summed E-state index contributed by atoms with van der Waals surface area (Å²) in [5, 5.41) is 4.12. The molecule has 1 aromatic heterocycles. The van der Waals surface area contributed by atoms with Gasteiger partial charge in [0.05, 0.1) is 17.8 Å². The van der Waals surface area contributed by atoms with Crippen molar-refractivity contribution in [3.05, 3.63) is 47.8 Å². The van der Waals surface area contributed by atoms with Crippen LogP contribution in [0.15, 0.2) is 36.7 Å². The van der Waals surface area contributed by atoms with Crippen molar-refractivity contribution in [2.75, 3.05) is 5.73 Å². The van der Waals surface area contributed by atoms with Crippen molar-refractivity contribution >= 4 is 11.6 Å². The summed E-state index contributed by atoms with van der Waals surface area (Å²) in [6, 6.07) is 7.58. The standard InChI is InChI=1S/C12H14N4O/c1-8(9-2-4-11(13)5-3-9)16-7-10(6-15-16)12(14)17/h2-8H,13H2,1H3,(H2,14,17). The Hall–Kier alpha value is -2.30. The van der Waals surface area contributed by atoms with Gasteiger partial charge in [0.2, 0.25) is 0 Å². The zero-order chi connectivity index (χ0) is 12.4. The van der Waals surface area contributed by atoms with Crippen LogP contribution in [-0.4, -0.2) is 15.7 Å². The van der Waals surface area contributed by atoms with Crippen LogP contribution >= 0.6 is 0 Å². The van der Waals surface area contributed by atoms with E-state index in [9.17, 15) is 4.79 Å². The highest BCUT2D eigenvalue weighted by molar-refractivity contribution is 5.92. The van der Waals surface area contributed by atoms with E-state index in [1.54, 1.807) is 10.9 Å². The first-order valence-electron chi connectivity index (χ1n) is 5.27. The monoisotopic (exact) mass is 230 g/mol. The molecule has 0 radical (unpaired) electrons. The Bertz CT molecular complexity index is 530. The Balaban J connectivity index is 2.27. The first-order chi connectivity index (χ1) is 8.08. The van der Waals surface area contributed by atoms with E-state index in [4.69, 9.17) is 11.5 Å². The predicted octanol–water partition coefficient (Wildman–Crippen LogP) is 1.17. The van der Waals surface area contributed by atoms with Crippen LogP contribution in [0, 0.1) is 0 Å². The maximum Gasteiger partial charge on any atom is 0.251 e. The zero-order valence-corrected chi connectivity index (χ0v) is 9.50. The molecule has 0 saturated heterocycles. The lowest BCUT2D eigenvalue weighted by Crippen LogP contribution is -2.10. The number of nitrogens with two attached hydrogens (primary N) is 2. The molecule has 1 amide bonds. The minimum Gasteiger partial charge on any atom is -0.399 e. The third-order valence-electron chi connectivity index (χ3n) is 2.70. The lowest BCUT2D eigenvalue weighted by atomic mass is 10.1. The molecule has 1 heterocycles. The van der Waals surface area contributed by atoms with Crippen LogP contribution in [0.4, 0.5) is 5.69 Å². The normalized spacial score (nSPS) is 12.3. The van der Waals surface area contributed by atoms with Crippen LogP contribution in [-0.2, 0) is 0 Å². The molecule has 1 atom stereocenters. The summed E-state index contributed by atoms with van der Waals surface area (Å²) < 4.78 is 1.70. The topological polar surface area (TPSA) is 86.9 Å². The van der Waals surface area contributed by atoms with Crippen LogP contribution in [0.25, 0.3) is 0 Å². The van der Waals surface area contributed by atoms with Crippen LogP contribution in [0.3, 0.4) is 0 Å². The Morgan fingerprint density at radius 2 is 2.00 bits per heavy atom. The van der Waals surface area contributed by atoms with Gasteiger partial charge in [-0.2, -0.15) is 5.10 Å². The Labute approximate surface area is 99.0 Å². The van der Waals surface area contributed by atoms with Gasteiger partial charge in [0, 0.05) is 11.9 Å². The van der Waals surface area contributed by atoms with E-state index in [1.807, 2.05) is 31.2 Å². The molecule has 2 rings (SSSR count). The maximum atomic E-state index is 11.0. The molecule has 88 valence electrons. The van der Waals surface area contributed by atoms with Gasteiger partial charge in [-0.3, -0.25) is 9.48 Å². The summed E-state index contributed by atoms with van der Waals surface area (Å²) in [6.45, 7) is 1.99. The number of nitrogen functional groups attached to an aromatic ring is 1. The minimum absolute atomic E-state index is 0.0312. The third kappa shape index (κ3) is 2.28. The lowest BCUT2D eigenvalue weighted by Gasteiger charge is -2.12. The van der Waals surface area contributed by atoms with E-state index in [0.717, 1.165) is 11.3 Å². The highest BCUT2D eigenvalue weighted by Gasteiger charge is 2.11. The predicted molar refractivity (Wildman–Crippen MR) is 65.4 cm³/mol. The Kier molecular flexibility index (Phi) is 2.82. The van der Waals surface area contributed by atoms with Gasteiger partial charge in [0.25, 0.3) is 5.91 Å². The molecule has 0 saturated carbocycles. The minimum atomic E-state index is -0.472. The van der Waals surface area contributed by atoms with Crippen molar-refractivity contribution in [1.29, 1.82) is 0 Å². The van der Waals surface area contributed by atoms with Crippen molar-refractivity contribution in [3.8, 4) is 0 Å². The Morgan fingerprint density at radius 1 is 1.35 bits per heavy atom. The van der Waals surface area contributed by atoms with Crippen molar-refractivity contribution < 1.29 is 4.79 Å². The number of hydrogen-bond acceptors (Lipinski definition) is 3. The van der Waals surface area contributed by atoms with Gasteiger partial charge in [-0.1, -0.05) is 12.1 Å². The number of amides is 1. The van der Waals surface area contributed by atoms with Crippen LogP contribution in [0.2, 0.25) is 0 Å². The number of rotatable bonds is 3. The fourth-order valence-electron chi connectivity index (χ4n) is 1.60. The van der Waals surface area contributed by atoms with Gasteiger partial charge in [-0.15, -0.1) is 0 Å². The van der Waals surface area contributed by atoms with Gasteiger partial charge in [-0.05, 0) is 24.6 Å². The number of hydrogen-bond donors (Lipinski definition) is 2. The molecular formula is C12H14N4O.